The molecular weight excluding hydrogens is 640 g/mol. The van der Waals surface area contributed by atoms with E-state index >= 15 is 0 Å². The van der Waals surface area contributed by atoms with E-state index in [0.717, 1.165) is 49.7 Å². The van der Waals surface area contributed by atoms with Crippen molar-refractivity contribution in [2.75, 3.05) is 11.4 Å². The van der Waals surface area contributed by atoms with Gasteiger partial charge in [-0.2, -0.15) is 23.4 Å². The number of anilines is 1. The van der Waals surface area contributed by atoms with E-state index in [-0.39, 0.29) is 29.0 Å². The minimum absolute atomic E-state index is 0.0440. The summed E-state index contributed by atoms with van der Waals surface area (Å²) in [4.78, 5) is 20.2. The monoisotopic (exact) mass is 682 g/mol. The number of fused-ring (bicyclic) bond motifs is 3. The standard InChI is InChI=1S/C37H42F4N4O4/c1-32(2,22-42)48-28-10-8-25(9-11-28)26-6-5-7-27(19-26)45(29(46)18-24-20-36(47,21-24)37(39,40)41)23-34-12-15-35(16-13-34,17-14-34)30-43-31(49-44-30)33(3,4)38/h5-11,19,24,47H,12-18,20-21,23H2,1-4H3. The number of carbonyl (C=O) groups excluding carboxylic acids is 1. The number of carbonyl (C=O) groups is 1. The molecule has 4 saturated carbocycles. The molecule has 1 heterocycles. The Kier molecular flexibility index (Phi) is 8.62. The molecule has 7 rings (SSSR count). The molecule has 2 aromatic carbocycles. The summed E-state index contributed by atoms with van der Waals surface area (Å²) in [5.74, 6) is 0.163. The van der Waals surface area contributed by atoms with Crippen molar-refractivity contribution in [1.29, 1.82) is 5.26 Å². The first kappa shape index (κ1) is 34.9. The summed E-state index contributed by atoms with van der Waals surface area (Å²) in [6.45, 7) is 6.51. The van der Waals surface area contributed by atoms with Crippen LogP contribution in [-0.2, 0) is 15.9 Å². The maximum absolute atomic E-state index is 14.5. The van der Waals surface area contributed by atoms with Crippen molar-refractivity contribution in [1.82, 2.24) is 10.1 Å². The minimum Gasteiger partial charge on any atom is -0.473 e. The summed E-state index contributed by atoms with van der Waals surface area (Å²) in [6.07, 6.45) is -1.26. The number of aliphatic hydroxyl groups is 1. The number of amides is 1. The summed E-state index contributed by atoms with van der Waals surface area (Å²) in [6, 6.07) is 16.9. The van der Waals surface area contributed by atoms with Crippen LogP contribution in [0.4, 0.5) is 23.2 Å². The Bertz CT molecular complexity index is 1710. The van der Waals surface area contributed by atoms with Crippen molar-refractivity contribution >= 4 is 11.6 Å². The fourth-order valence-corrected chi connectivity index (χ4v) is 7.69. The van der Waals surface area contributed by atoms with Crippen LogP contribution in [0.3, 0.4) is 0 Å². The molecule has 0 saturated heterocycles. The lowest BCUT2D eigenvalue weighted by molar-refractivity contribution is -0.298. The molecule has 1 N–H and O–H groups in total. The van der Waals surface area contributed by atoms with Crippen LogP contribution in [0.1, 0.15) is 97.2 Å². The molecule has 1 aromatic heterocycles. The van der Waals surface area contributed by atoms with E-state index in [1.807, 2.05) is 36.4 Å². The number of nitrogens with zero attached hydrogens (tertiary/aromatic N) is 4. The Morgan fingerprint density at radius 3 is 2.18 bits per heavy atom. The zero-order valence-corrected chi connectivity index (χ0v) is 28.2. The second-order valence-electron chi connectivity index (χ2n) is 15.5. The van der Waals surface area contributed by atoms with Crippen molar-refractivity contribution in [3.05, 3.63) is 60.2 Å². The topological polar surface area (TPSA) is 112 Å². The average molecular weight is 683 g/mol. The van der Waals surface area contributed by atoms with Gasteiger partial charge in [-0.05, 0) is 126 Å². The number of alkyl halides is 4. The SMILES string of the molecule is CC(C)(C#N)Oc1ccc(-c2cccc(N(CC34CCC(c5noc(C(C)(C)F)n5)(CC3)CC4)C(=O)CC3CC(O)(C(F)(F)F)C3)c2)cc1. The molecule has 4 aliphatic rings. The van der Waals surface area contributed by atoms with Gasteiger partial charge >= 0.3 is 6.18 Å². The lowest BCUT2D eigenvalue weighted by Gasteiger charge is -2.53. The van der Waals surface area contributed by atoms with Gasteiger partial charge in [0.2, 0.25) is 5.91 Å². The number of nitriles is 1. The largest absolute Gasteiger partial charge is 0.473 e. The molecule has 3 aromatic rings. The van der Waals surface area contributed by atoms with E-state index in [4.69, 9.17) is 9.26 Å². The zero-order valence-electron chi connectivity index (χ0n) is 28.2. The number of benzene rings is 2. The molecule has 0 spiro atoms. The molecule has 12 heteroatoms. The first-order valence-corrected chi connectivity index (χ1v) is 16.8. The van der Waals surface area contributed by atoms with Gasteiger partial charge < -0.3 is 19.3 Å². The molecular formula is C37H42F4N4O4. The maximum atomic E-state index is 14.5. The van der Waals surface area contributed by atoms with Crippen LogP contribution in [0.15, 0.2) is 53.1 Å². The van der Waals surface area contributed by atoms with Crippen LogP contribution < -0.4 is 9.64 Å². The molecule has 0 unspecified atom stereocenters. The Hall–Kier alpha value is -3.98. The molecule has 4 aliphatic carbocycles. The molecule has 1 amide bonds. The van der Waals surface area contributed by atoms with E-state index in [0.29, 0.717) is 23.8 Å². The van der Waals surface area contributed by atoms with Crippen LogP contribution in [-0.4, -0.2) is 45.1 Å². The van der Waals surface area contributed by atoms with Crippen molar-refractivity contribution in [3.63, 3.8) is 0 Å². The third-order valence-corrected chi connectivity index (χ3v) is 10.8. The van der Waals surface area contributed by atoms with E-state index in [2.05, 4.69) is 16.2 Å². The fourth-order valence-electron chi connectivity index (χ4n) is 7.69. The summed E-state index contributed by atoms with van der Waals surface area (Å²) >= 11 is 0. The predicted molar refractivity (Wildman–Crippen MR) is 173 cm³/mol. The van der Waals surface area contributed by atoms with Gasteiger partial charge in [-0.3, -0.25) is 4.79 Å². The van der Waals surface area contributed by atoms with Crippen LogP contribution in [0.5, 0.6) is 5.75 Å². The van der Waals surface area contributed by atoms with E-state index < -0.39 is 41.8 Å². The van der Waals surface area contributed by atoms with Gasteiger partial charge in [0, 0.05) is 24.1 Å². The van der Waals surface area contributed by atoms with Gasteiger partial charge in [-0.1, -0.05) is 29.4 Å². The highest BCUT2D eigenvalue weighted by molar-refractivity contribution is 5.94. The second-order valence-corrected chi connectivity index (χ2v) is 15.5. The van der Waals surface area contributed by atoms with Crippen molar-refractivity contribution in [3.8, 4) is 22.9 Å². The normalized spacial score (nSPS) is 26.9. The molecule has 0 aliphatic heterocycles. The highest BCUT2D eigenvalue weighted by atomic mass is 19.4. The van der Waals surface area contributed by atoms with Crippen LogP contribution in [0.2, 0.25) is 0 Å². The zero-order chi connectivity index (χ0) is 35.5. The maximum Gasteiger partial charge on any atom is 0.417 e. The third-order valence-electron chi connectivity index (χ3n) is 10.8. The van der Waals surface area contributed by atoms with Crippen molar-refractivity contribution in [2.45, 2.75) is 114 Å². The smallest absolute Gasteiger partial charge is 0.417 e. The Morgan fingerprint density at radius 2 is 1.63 bits per heavy atom. The van der Waals surface area contributed by atoms with E-state index in [1.165, 1.54) is 13.8 Å². The van der Waals surface area contributed by atoms with Gasteiger partial charge in [0.15, 0.2) is 22.7 Å². The van der Waals surface area contributed by atoms with Gasteiger partial charge in [0.1, 0.15) is 11.8 Å². The molecule has 4 fully saturated rings. The summed E-state index contributed by atoms with van der Waals surface area (Å²) in [5.41, 5.74) is -3.69. The van der Waals surface area contributed by atoms with Gasteiger partial charge in [-0.15, -0.1) is 0 Å². The van der Waals surface area contributed by atoms with E-state index in [9.17, 15) is 32.7 Å². The Balaban J connectivity index is 1.23. The molecule has 49 heavy (non-hydrogen) atoms. The number of ether oxygens (including phenoxy) is 1. The molecule has 2 bridgehead atoms. The first-order chi connectivity index (χ1) is 22.8. The quantitative estimate of drug-likeness (QED) is 0.214. The fraction of sp³-hybridized carbons (Fsp3) is 0.568. The summed E-state index contributed by atoms with van der Waals surface area (Å²) in [7, 11) is 0. The molecule has 0 radical (unpaired) electrons. The van der Waals surface area contributed by atoms with Crippen molar-refractivity contribution in [2.24, 2.45) is 11.3 Å². The number of aromatic nitrogens is 2. The molecule has 8 nitrogen and oxygen atoms in total. The number of hydrogen-bond donors (Lipinski definition) is 1. The average Bonchev–Trinajstić information content (AvgIpc) is 3.56. The lowest BCUT2D eigenvalue weighted by atomic mass is 9.53. The van der Waals surface area contributed by atoms with E-state index in [1.54, 1.807) is 30.9 Å². The highest BCUT2D eigenvalue weighted by Gasteiger charge is 2.61. The van der Waals surface area contributed by atoms with Crippen molar-refractivity contribution < 1.29 is 36.7 Å². The Morgan fingerprint density at radius 1 is 1.00 bits per heavy atom. The number of halogens is 4. The first-order valence-electron chi connectivity index (χ1n) is 16.8. The number of hydrogen-bond acceptors (Lipinski definition) is 7. The van der Waals surface area contributed by atoms with Gasteiger partial charge in [-0.25, -0.2) is 4.39 Å². The number of rotatable bonds is 10. The van der Waals surface area contributed by atoms with Crippen LogP contribution in [0.25, 0.3) is 11.1 Å². The Labute approximate surface area is 283 Å². The van der Waals surface area contributed by atoms with Gasteiger partial charge in [0.25, 0.3) is 5.89 Å². The van der Waals surface area contributed by atoms with Gasteiger partial charge in [0.05, 0.1) is 0 Å². The third kappa shape index (κ3) is 6.91. The summed E-state index contributed by atoms with van der Waals surface area (Å²) < 4.78 is 65.7. The molecule has 0 atom stereocenters. The predicted octanol–water partition coefficient (Wildman–Crippen LogP) is 8.34. The van der Waals surface area contributed by atoms with Crippen LogP contribution >= 0.6 is 0 Å². The summed E-state index contributed by atoms with van der Waals surface area (Å²) in [5, 5.41) is 23.5. The highest BCUT2D eigenvalue weighted by Crippen LogP contribution is 2.58. The molecule has 262 valence electrons. The lowest BCUT2D eigenvalue weighted by Crippen LogP contribution is -2.56. The second kappa shape index (κ2) is 12.1. The van der Waals surface area contributed by atoms with Crippen LogP contribution in [0, 0.1) is 22.7 Å². The minimum atomic E-state index is -4.74.